The first-order valence-corrected chi connectivity index (χ1v) is 6.71. The minimum atomic E-state index is 0.192. The number of aliphatic hydroxyl groups excluding tert-OH is 1. The monoisotopic (exact) mass is 251 g/mol. The van der Waals surface area contributed by atoms with Crippen molar-refractivity contribution < 1.29 is 9.84 Å². The Morgan fingerprint density at radius 3 is 2.78 bits per heavy atom. The molecular formula is C15H25NO2. The minimum Gasteiger partial charge on any atom is -0.492 e. The number of ether oxygens (including phenoxy) is 1. The summed E-state index contributed by atoms with van der Waals surface area (Å²) in [7, 11) is 0. The summed E-state index contributed by atoms with van der Waals surface area (Å²) < 4.78 is 5.86. The molecule has 1 rings (SSSR count). The lowest BCUT2D eigenvalue weighted by Gasteiger charge is -2.19. The summed E-state index contributed by atoms with van der Waals surface area (Å²) in [4.78, 5) is 0. The van der Waals surface area contributed by atoms with Gasteiger partial charge in [-0.25, -0.2) is 0 Å². The molecule has 2 N–H and O–H groups in total. The predicted octanol–water partition coefficient (Wildman–Crippen LogP) is 2.43. The molecule has 3 nitrogen and oxygen atoms in total. The van der Waals surface area contributed by atoms with Crippen molar-refractivity contribution in [2.45, 2.75) is 39.7 Å². The van der Waals surface area contributed by atoms with Crippen molar-refractivity contribution >= 4 is 0 Å². The highest BCUT2D eigenvalue weighted by Gasteiger charge is 2.09. The SMILES string of the molecule is CCCNC(CCO)COc1cc(C)ccc1C. The van der Waals surface area contributed by atoms with Crippen molar-refractivity contribution in [2.75, 3.05) is 19.8 Å². The Balaban J connectivity index is 2.52. The Kier molecular flexibility index (Phi) is 6.76. The van der Waals surface area contributed by atoms with E-state index >= 15 is 0 Å². The second-order valence-electron chi connectivity index (χ2n) is 4.74. The van der Waals surface area contributed by atoms with Crippen LogP contribution in [0.4, 0.5) is 0 Å². The molecule has 0 aliphatic carbocycles. The lowest BCUT2D eigenvalue weighted by atomic mass is 10.1. The molecule has 102 valence electrons. The highest BCUT2D eigenvalue weighted by atomic mass is 16.5. The first-order valence-electron chi connectivity index (χ1n) is 6.71. The quantitative estimate of drug-likeness (QED) is 0.745. The van der Waals surface area contributed by atoms with Crippen LogP contribution in [0, 0.1) is 13.8 Å². The average Bonchev–Trinajstić information content (AvgIpc) is 2.36. The molecule has 0 saturated heterocycles. The summed E-state index contributed by atoms with van der Waals surface area (Å²) >= 11 is 0. The standard InChI is InChI=1S/C15H25NO2/c1-4-8-16-14(7-9-17)11-18-15-10-12(2)5-6-13(15)3/h5-6,10,14,16-17H,4,7-9,11H2,1-3H3. The van der Waals surface area contributed by atoms with Crippen LogP contribution in [0.5, 0.6) is 5.75 Å². The van der Waals surface area contributed by atoms with Gasteiger partial charge in [-0.15, -0.1) is 0 Å². The summed E-state index contributed by atoms with van der Waals surface area (Å²) in [5.74, 6) is 0.941. The number of aliphatic hydroxyl groups is 1. The smallest absolute Gasteiger partial charge is 0.122 e. The highest BCUT2D eigenvalue weighted by Crippen LogP contribution is 2.19. The Morgan fingerprint density at radius 1 is 1.33 bits per heavy atom. The van der Waals surface area contributed by atoms with Crippen molar-refractivity contribution in [3.8, 4) is 5.75 Å². The van der Waals surface area contributed by atoms with E-state index in [-0.39, 0.29) is 12.6 Å². The Hall–Kier alpha value is -1.06. The van der Waals surface area contributed by atoms with Crippen LogP contribution in [0.15, 0.2) is 18.2 Å². The Labute approximate surface area is 110 Å². The molecule has 0 aromatic heterocycles. The third-order valence-electron chi connectivity index (χ3n) is 2.94. The summed E-state index contributed by atoms with van der Waals surface area (Å²) in [6, 6.07) is 6.44. The van der Waals surface area contributed by atoms with Gasteiger partial charge in [-0.3, -0.25) is 0 Å². The molecule has 1 aromatic carbocycles. The van der Waals surface area contributed by atoms with E-state index in [0.717, 1.165) is 30.7 Å². The summed E-state index contributed by atoms with van der Waals surface area (Å²) in [5.41, 5.74) is 2.36. The second-order valence-corrected chi connectivity index (χ2v) is 4.74. The van der Waals surface area contributed by atoms with E-state index in [2.05, 4.69) is 44.3 Å². The normalized spacial score (nSPS) is 12.4. The van der Waals surface area contributed by atoms with Gasteiger partial charge in [0.25, 0.3) is 0 Å². The molecule has 1 unspecified atom stereocenters. The van der Waals surface area contributed by atoms with Crippen molar-refractivity contribution in [2.24, 2.45) is 0 Å². The molecule has 0 aliphatic rings. The van der Waals surface area contributed by atoms with Gasteiger partial charge in [0, 0.05) is 12.6 Å². The number of nitrogens with one attached hydrogen (secondary N) is 1. The van der Waals surface area contributed by atoms with Crippen molar-refractivity contribution in [1.82, 2.24) is 5.32 Å². The van der Waals surface area contributed by atoms with Crippen LogP contribution in [0.25, 0.3) is 0 Å². The van der Waals surface area contributed by atoms with Crippen molar-refractivity contribution in [3.05, 3.63) is 29.3 Å². The summed E-state index contributed by atoms with van der Waals surface area (Å²) in [6.45, 7) is 8.00. The summed E-state index contributed by atoms with van der Waals surface area (Å²) in [5, 5.41) is 12.4. The topological polar surface area (TPSA) is 41.5 Å². The Morgan fingerprint density at radius 2 is 2.11 bits per heavy atom. The molecule has 0 aliphatic heterocycles. The van der Waals surface area contributed by atoms with Gasteiger partial charge in [0.1, 0.15) is 12.4 Å². The fraction of sp³-hybridized carbons (Fsp3) is 0.600. The maximum absolute atomic E-state index is 9.04. The lowest BCUT2D eigenvalue weighted by molar-refractivity contribution is 0.213. The predicted molar refractivity (Wildman–Crippen MR) is 75.2 cm³/mol. The maximum Gasteiger partial charge on any atom is 0.122 e. The van der Waals surface area contributed by atoms with Crippen LogP contribution in [-0.4, -0.2) is 30.9 Å². The molecule has 0 bridgehead atoms. The molecule has 0 spiro atoms. The largest absolute Gasteiger partial charge is 0.492 e. The van der Waals surface area contributed by atoms with Gasteiger partial charge in [0.15, 0.2) is 0 Å². The minimum absolute atomic E-state index is 0.192. The fourth-order valence-corrected chi connectivity index (χ4v) is 1.80. The van der Waals surface area contributed by atoms with Gasteiger partial charge >= 0.3 is 0 Å². The van der Waals surface area contributed by atoms with Crippen LogP contribution >= 0.6 is 0 Å². The van der Waals surface area contributed by atoms with Crippen LogP contribution in [0.3, 0.4) is 0 Å². The third-order valence-corrected chi connectivity index (χ3v) is 2.94. The van der Waals surface area contributed by atoms with E-state index in [1.807, 2.05) is 0 Å². The second kappa shape index (κ2) is 8.11. The van der Waals surface area contributed by atoms with Gasteiger partial charge in [-0.2, -0.15) is 0 Å². The Bertz CT molecular complexity index is 352. The van der Waals surface area contributed by atoms with Gasteiger partial charge in [0.2, 0.25) is 0 Å². The number of benzene rings is 1. The molecule has 0 fully saturated rings. The van der Waals surface area contributed by atoms with E-state index in [9.17, 15) is 0 Å². The fourth-order valence-electron chi connectivity index (χ4n) is 1.80. The average molecular weight is 251 g/mol. The van der Waals surface area contributed by atoms with Gasteiger partial charge in [0.05, 0.1) is 0 Å². The van der Waals surface area contributed by atoms with Crippen LogP contribution in [0.1, 0.15) is 30.9 Å². The number of rotatable bonds is 8. The van der Waals surface area contributed by atoms with Crippen LogP contribution < -0.4 is 10.1 Å². The zero-order valence-electron chi connectivity index (χ0n) is 11.7. The van der Waals surface area contributed by atoms with E-state index < -0.39 is 0 Å². The molecule has 3 heteroatoms. The van der Waals surface area contributed by atoms with Crippen LogP contribution in [-0.2, 0) is 0 Å². The molecular weight excluding hydrogens is 226 g/mol. The number of aryl methyl sites for hydroxylation is 2. The van der Waals surface area contributed by atoms with E-state index in [0.29, 0.717) is 6.61 Å². The molecule has 1 atom stereocenters. The van der Waals surface area contributed by atoms with Crippen molar-refractivity contribution in [1.29, 1.82) is 0 Å². The van der Waals surface area contributed by atoms with Gasteiger partial charge < -0.3 is 15.2 Å². The van der Waals surface area contributed by atoms with Gasteiger partial charge in [-0.1, -0.05) is 19.1 Å². The molecule has 1 aromatic rings. The molecule has 0 saturated carbocycles. The lowest BCUT2D eigenvalue weighted by Crippen LogP contribution is -2.36. The molecule has 0 heterocycles. The van der Waals surface area contributed by atoms with Gasteiger partial charge in [-0.05, 0) is 50.4 Å². The highest BCUT2D eigenvalue weighted by molar-refractivity contribution is 5.35. The third kappa shape index (κ3) is 5.07. The van der Waals surface area contributed by atoms with Crippen molar-refractivity contribution in [3.63, 3.8) is 0 Å². The summed E-state index contributed by atoms with van der Waals surface area (Å²) in [6.07, 6.45) is 1.82. The van der Waals surface area contributed by atoms with Crippen LogP contribution in [0.2, 0.25) is 0 Å². The van der Waals surface area contributed by atoms with E-state index in [1.165, 1.54) is 5.56 Å². The first-order chi connectivity index (χ1) is 8.67. The molecule has 0 amide bonds. The maximum atomic E-state index is 9.04. The zero-order valence-corrected chi connectivity index (χ0v) is 11.7. The van der Waals surface area contributed by atoms with E-state index in [4.69, 9.17) is 9.84 Å². The number of hydrogen-bond acceptors (Lipinski definition) is 3. The zero-order chi connectivity index (χ0) is 13.4. The number of hydrogen-bond donors (Lipinski definition) is 2. The van der Waals surface area contributed by atoms with E-state index in [1.54, 1.807) is 0 Å². The molecule has 0 radical (unpaired) electrons. The molecule has 18 heavy (non-hydrogen) atoms. The first kappa shape index (κ1) is 15.0.